The van der Waals surface area contributed by atoms with E-state index in [1.807, 2.05) is 49.4 Å². The first-order valence-electron chi connectivity index (χ1n) is 6.41. The lowest BCUT2D eigenvalue weighted by Gasteiger charge is -2.14. The summed E-state index contributed by atoms with van der Waals surface area (Å²) in [6, 6.07) is 13.5. The Balaban J connectivity index is 1.98. The van der Waals surface area contributed by atoms with Gasteiger partial charge in [-0.1, -0.05) is 43.3 Å². The van der Waals surface area contributed by atoms with Gasteiger partial charge in [0.25, 0.3) is 0 Å². The van der Waals surface area contributed by atoms with Crippen molar-refractivity contribution >= 4 is 5.97 Å². The zero-order valence-electron chi connectivity index (χ0n) is 11.0. The maximum Gasteiger partial charge on any atom is 0.313 e. The molecule has 0 aliphatic carbocycles. The van der Waals surface area contributed by atoms with Gasteiger partial charge < -0.3 is 4.74 Å². The number of benzene rings is 1. The van der Waals surface area contributed by atoms with Gasteiger partial charge in [0.05, 0.1) is 5.92 Å². The fourth-order valence-electron chi connectivity index (χ4n) is 1.96. The Bertz CT molecular complexity index is 511. The second-order valence-electron chi connectivity index (χ2n) is 4.34. The molecule has 0 spiro atoms. The van der Waals surface area contributed by atoms with Crippen molar-refractivity contribution in [2.45, 2.75) is 25.9 Å². The highest BCUT2D eigenvalue weighted by molar-refractivity contribution is 5.78. The molecule has 0 aliphatic heterocycles. The summed E-state index contributed by atoms with van der Waals surface area (Å²) in [5.74, 6) is -0.379. The highest BCUT2D eigenvalue weighted by Gasteiger charge is 2.19. The fraction of sp³-hybridized carbons (Fsp3) is 0.250. The second-order valence-corrected chi connectivity index (χ2v) is 4.34. The van der Waals surface area contributed by atoms with Gasteiger partial charge in [-0.25, -0.2) is 0 Å². The first kappa shape index (κ1) is 13.3. The molecule has 19 heavy (non-hydrogen) atoms. The van der Waals surface area contributed by atoms with Gasteiger partial charge >= 0.3 is 5.97 Å². The summed E-state index contributed by atoms with van der Waals surface area (Å²) in [4.78, 5) is 16.1. The van der Waals surface area contributed by atoms with Gasteiger partial charge in [0.15, 0.2) is 0 Å². The lowest BCUT2D eigenvalue weighted by molar-refractivity contribution is -0.146. The molecule has 3 heteroatoms. The molecule has 0 bridgehead atoms. The van der Waals surface area contributed by atoms with Crippen LogP contribution in [0.1, 0.15) is 30.4 Å². The standard InChI is InChI=1S/C16H17NO2/c1-2-15(14-8-4-3-5-9-14)16(18)19-12-13-7-6-10-17-11-13/h3-11,15H,2,12H2,1H3. The smallest absolute Gasteiger partial charge is 0.313 e. The first-order chi connectivity index (χ1) is 9.31. The summed E-state index contributed by atoms with van der Waals surface area (Å²) in [6.07, 6.45) is 4.14. The van der Waals surface area contributed by atoms with Crippen LogP contribution in [0.2, 0.25) is 0 Å². The molecule has 1 aromatic heterocycles. The summed E-state index contributed by atoms with van der Waals surface area (Å²) in [5.41, 5.74) is 1.90. The van der Waals surface area contributed by atoms with Crippen LogP contribution in [0.4, 0.5) is 0 Å². The van der Waals surface area contributed by atoms with Crippen LogP contribution < -0.4 is 0 Å². The van der Waals surface area contributed by atoms with Gasteiger partial charge in [-0.05, 0) is 18.1 Å². The van der Waals surface area contributed by atoms with Gasteiger partial charge in [-0.2, -0.15) is 0 Å². The molecule has 98 valence electrons. The van der Waals surface area contributed by atoms with Crippen LogP contribution in [0.5, 0.6) is 0 Å². The molecule has 1 unspecified atom stereocenters. The Morgan fingerprint density at radius 3 is 2.63 bits per heavy atom. The molecule has 1 aromatic carbocycles. The van der Waals surface area contributed by atoms with Crippen molar-refractivity contribution in [3.8, 4) is 0 Å². The predicted molar refractivity (Wildman–Crippen MR) is 73.5 cm³/mol. The van der Waals surface area contributed by atoms with Gasteiger partial charge in [-0.15, -0.1) is 0 Å². The maximum atomic E-state index is 12.1. The van der Waals surface area contributed by atoms with E-state index in [4.69, 9.17) is 4.74 Å². The van der Waals surface area contributed by atoms with Gasteiger partial charge in [0.2, 0.25) is 0 Å². The van der Waals surface area contributed by atoms with E-state index in [1.54, 1.807) is 12.4 Å². The second kappa shape index (κ2) is 6.69. The number of aromatic nitrogens is 1. The van der Waals surface area contributed by atoms with Gasteiger partial charge in [0.1, 0.15) is 6.61 Å². The number of ether oxygens (including phenoxy) is 1. The Morgan fingerprint density at radius 2 is 2.00 bits per heavy atom. The summed E-state index contributed by atoms with van der Waals surface area (Å²) in [6.45, 7) is 2.26. The van der Waals surface area contributed by atoms with Crippen molar-refractivity contribution in [3.05, 3.63) is 66.0 Å². The largest absolute Gasteiger partial charge is 0.460 e. The SMILES string of the molecule is CCC(C(=O)OCc1cccnc1)c1ccccc1. The summed E-state index contributed by atoms with van der Waals surface area (Å²) in [7, 11) is 0. The van der Waals surface area contributed by atoms with Crippen LogP contribution in [0, 0.1) is 0 Å². The average molecular weight is 255 g/mol. The van der Waals surface area contributed by atoms with Crippen LogP contribution in [-0.4, -0.2) is 11.0 Å². The summed E-state index contributed by atoms with van der Waals surface area (Å²) >= 11 is 0. The minimum atomic E-state index is -0.196. The molecule has 0 radical (unpaired) electrons. The minimum Gasteiger partial charge on any atom is -0.460 e. The third-order valence-corrected chi connectivity index (χ3v) is 3.00. The molecule has 0 amide bonds. The topological polar surface area (TPSA) is 39.2 Å². The molecule has 0 fully saturated rings. The van der Waals surface area contributed by atoms with Crippen LogP contribution >= 0.6 is 0 Å². The monoisotopic (exact) mass is 255 g/mol. The Hall–Kier alpha value is -2.16. The van der Waals surface area contributed by atoms with Crippen molar-refractivity contribution < 1.29 is 9.53 Å². The van der Waals surface area contributed by atoms with Crippen molar-refractivity contribution in [3.63, 3.8) is 0 Å². The lowest BCUT2D eigenvalue weighted by Crippen LogP contribution is -2.15. The van der Waals surface area contributed by atoms with Crippen molar-refractivity contribution in [2.24, 2.45) is 0 Å². The van der Waals surface area contributed by atoms with E-state index in [0.717, 1.165) is 17.5 Å². The summed E-state index contributed by atoms with van der Waals surface area (Å²) < 4.78 is 5.36. The maximum absolute atomic E-state index is 12.1. The number of pyridine rings is 1. The molecule has 0 N–H and O–H groups in total. The average Bonchev–Trinajstić information content (AvgIpc) is 2.48. The Morgan fingerprint density at radius 1 is 1.21 bits per heavy atom. The highest BCUT2D eigenvalue weighted by Crippen LogP contribution is 2.21. The number of rotatable bonds is 5. The van der Waals surface area contributed by atoms with Crippen LogP contribution in [0.25, 0.3) is 0 Å². The first-order valence-corrected chi connectivity index (χ1v) is 6.41. The Kier molecular flexibility index (Phi) is 4.67. The molecule has 0 saturated carbocycles. The van der Waals surface area contributed by atoms with Crippen LogP contribution in [0.15, 0.2) is 54.9 Å². The van der Waals surface area contributed by atoms with Gasteiger partial charge in [0, 0.05) is 18.0 Å². The number of nitrogens with zero attached hydrogens (tertiary/aromatic N) is 1. The van der Waals surface area contributed by atoms with Crippen molar-refractivity contribution in [1.29, 1.82) is 0 Å². The normalized spacial score (nSPS) is 11.8. The molecule has 2 aromatic rings. The van der Waals surface area contributed by atoms with E-state index in [0.29, 0.717) is 0 Å². The molecule has 1 heterocycles. The number of hydrogen-bond acceptors (Lipinski definition) is 3. The highest BCUT2D eigenvalue weighted by atomic mass is 16.5. The number of carbonyl (C=O) groups excluding carboxylic acids is 1. The predicted octanol–water partition coefficient (Wildman–Crippen LogP) is 3.32. The fourth-order valence-corrected chi connectivity index (χ4v) is 1.96. The zero-order valence-corrected chi connectivity index (χ0v) is 11.0. The van der Waals surface area contributed by atoms with E-state index in [9.17, 15) is 4.79 Å². The van der Waals surface area contributed by atoms with E-state index < -0.39 is 0 Å². The molecule has 3 nitrogen and oxygen atoms in total. The number of esters is 1. The van der Waals surface area contributed by atoms with Gasteiger partial charge in [-0.3, -0.25) is 9.78 Å². The van der Waals surface area contributed by atoms with Crippen LogP contribution in [-0.2, 0) is 16.1 Å². The third-order valence-electron chi connectivity index (χ3n) is 3.00. The third kappa shape index (κ3) is 3.65. The molecule has 2 rings (SSSR count). The summed E-state index contributed by atoms with van der Waals surface area (Å²) in [5, 5.41) is 0. The lowest BCUT2D eigenvalue weighted by atomic mass is 9.97. The van der Waals surface area contributed by atoms with E-state index >= 15 is 0 Å². The van der Waals surface area contributed by atoms with E-state index in [1.165, 1.54) is 0 Å². The number of hydrogen-bond donors (Lipinski definition) is 0. The van der Waals surface area contributed by atoms with Crippen molar-refractivity contribution in [2.75, 3.05) is 0 Å². The van der Waals surface area contributed by atoms with E-state index in [2.05, 4.69) is 4.98 Å². The molecular weight excluding hydrogens is 238 g/mol. The van der Waals surface area contributed by atoms with E-state index in [-0.39, 0.29) is 18.5 Å². The zero-order chi connectivity index (χ0) is 13.5. The van der Waals surface area contributed by atoms with Crippen LogP contribution in [0.3, 0.4) is 0 Å². The molecule has 0 saturated heterocycles. The molecule has 1 atom stereocenters. The molecular formula is C16H17NO2. The molecule has 0 aliphatic rings. The number of carbonyl (C=O) groups is 1. The van der Waals surface area contributed by atoms with Crippen molar-refractivity contribution in [1.82, 2.24) is 4.98 Å². The quantitative estimate of drug-likeness (QED) is 0.769. The minimum absolute atomic E-state index is 0.183. The Labute approximate surface area is 113 Å².